The molecule has 0 atom stereocenters. The molecule has 0 aliphatic rings. The van der Waals surface area contributed by atoms with Crippen LogP contribution in [0.1, 0.15) is 66.3 Å². The highest BCUT2D eigenvalue weighted by Gasteiger charge is 2.22. The number of pyridine rings is 1. The minimum Gasteiger partial charge on any atom is -0.449 e. The number of carbonyl (C=O) groups is 3. The van der Waals surface area contributed by atoms with Crippen molar-refractivity contribution in [2.24, 2.45) is 7.05 Å². The van der Waals surface area contributed by atoms with Crippen molar-refractivity contribution >= 4 is 46.3 Å². The largest absolute Gasteiger partial charge is 0.449 e. The molecule has 0 spiro atoms. The number of hydrogen-bond donors (Lipinski definition) is 3. The first kappa shape index (κ1) is 36.2. The first-order chi connectivity index (χ1) is 24.7. The molecule has 5 rings (SSSR count). The number of alkyl carbamates (subject to hydrolysis) is 1. The van der Waals surface area contributed by atoms with Gasteiger partial charge in [0, 0.05) is 36.6 Å². The van der Waals surface area contributed by atoms with Gasteiger partial charge in [-0.2, -0.15) is 0 Å². The number of ether oxygens (including phenoxy) is 2. The average molecular weight is 690 g/mol. The van der Waals surface area contributed by atoms with Crippen molar-refractivity contribution in [1.29, 1.82) is 5.41 Å². The van der Waals surface area contributed by atoms with Crippen LogP contribution in [0.2, 0.25) is 0 Å². The van der Waals surface area contributed by atoms with Gasteiger partial charge in [0.1, 0.15) is 23.2 Å². The molecule has 0 radical (unpaired) electrons. The summed E-state index contributed by atoms with van der Waals surface area (Å²) in [5, 5.41) is 14.0. The van der Waals surface area contributed by atoms with Crippen molar-refractivity contribution in [3.8, 4) is 5.75 Å². The fraction of sp³-hybridized carbons (Fsp3) is 0.282. The van der Waals surface area contributed by atoms with Gasteiger partial charge in [0.15, 0.2) is 0 Å². The van der Waals surface area contributed by atoms with Crippen molar-refractivity contribution in [2.75, 3.05) is 23.4 Å². The second-order valence-electron chi connectivity index (χ2n) is 12.1. The molecule has 12 nitrogen and oxygen atoms in total. The lowest BCUT2D eigenvalue weighted by Crippen LogP contribution is -2.34. The van der Waals surface area contributed by atoms with Gasteiger partial charge in [-0.25, -0.2) is 14.8 Å². The molecule has 0 aliphatic carbocycles. The number of nitrogens with zero attached hydrogens (tertiary/aromatic N) is 4. The molecule has 3 aromatic carbocycles. The first-order valence-corrected chi connectivity index (χ1v) is 17.0. The van der Waals surface area contributed by atoms with E-state index in [4.69, 9.17) is 19.9 Å². The van der Waals surface area contributed by atoms with Crippen molar-refractivity contribution in [2.45, 2.75) is 52.5 Å². The number of unbranched alkanes of at least 4 members (excludes halogenated alkanes) is 3. The molecule has 264 valence electrons. The Morgan fingerprint density at radius 2 is 1.69 bits per heavy atom. The van der Waals surface area contributed by atoms with Gasteiger partial charge in [-0.15, -0.1) is 0 Å². The summed E-state index contributed by atoms with van der Waals surface area (Å²) < 4.78 is 12.7. The van der Waals surface area contributed by atoms with E-state index in [0.29, 0.717) is 41.4 Å². The SMILES string of the molecule is CCCCCCOC(=O)NC(=N)c1ccc(NCc2nc3cc(C(=O)N(CCC(=O)Oc4ccccc4C)c4ccccn4)ccc3n2C)cc1. The normalized spacial score (nSPS) is 10.8. The Labute approximate surface area is 297 Å². The number of nitrogens with one attached hydrogen (secondary N) is 3. The van der Waals surface area contributed by atoms with Crippen LogP contribution in [-0.4, -0.2) is 51.5 Å². The first-order valence-electron chi connectivity index (χ1n) is 17.0. The number of fused-ring (bicyclic) bond motifs is 1. The van der Waals surface area contributed by atoms with Gasteiger partial charge in [0.25, 0.3) is 5.91 Å². The molecule has 0 bridgehead atoms. The molecule has 2 heterocycles. The quantitative estimate of drug-likeness (QED) is 0.0344. The number of amides is 2. The van der Waals surface area contributed by atoms with E-state index in [2.05, 4.69) is 22.5 Å². The zero-order valence-corrected chi connectivity index (χ0v) is 29.1. The molecule has 5 aromatic rings. The van der Waals surface area contributed by atoms with Crippen molar-refractivity contribution in [3.05, 3.63) is 114 Å². The number of aromatic nitrogens is 3. The van der Waals surface area contributed by atoms with Crippen LogP contribution in [0.5, 0.6) is 5.75 Å². The number of para-hydroxylation sites is 1. The Morgan fingerprint density at radius 1 is 0.922 bits per heavy atom. The summed E-state index contributed by atoms with van der Waals surface area (Å²) in [4.78, 5) is 49.3. The maximum atomic E-state index is 13.9. The van der Waals surface area contributed by atoms with Crippen molar-refractivity contribution in [1.82, 2.24) is 19.9 Å². The number of anilines is 2. The van der Waals surface area contributed by atoms with Crippen LogP contribution in [0.15, 0.2) is 91.1 Å². The summed E-state index contributed by atoms with van der Waals surface area (Å²) in [6, 6.07) is 25.0. The molecule has 0 fully saturated rings. The zero-order valence-electron chi connectivity index (χ0n) is 29.1. The molecular formula is C39H43N7O5. The monoisotopic (exact) mass is 689 g/mol. The zero-order chi connectivity index (χ0) is 36.2. The van der Waals surface area contributed by atoms with Crippen LogP contribution in [0, 0.1) is 12.3 Å². The topological polar surface area (TPSA) is 152 Å². The van der Waals surface area contributed by atoms with Gasteiger partial charge in [0.2, 0.25) is 0 Å². The third-order valence-corrected chi connectivity index (χ3v) is 8.33. The summed E-state index contributed by atoms with van der Waals surface area (Å²) >= 11 is 0. The van der Waals surface area contributed by atoms with Gasteiger partial charge >= 0.3 is 12.1 Å². The number of benzene rings is 3. The van der Waals surface area contributed by atoms with E-state index in [1.807, 2.05) is 48.9 Å². The number of amidine groups is 1. The third-order valence-electron chi connectivity index (χ3n) is 8.33. The average Bonchev–Trinajstić information content (AvgIpc) is 3.46. The van der Waals surface area contributed by atoms with Crippen LogP contribution in [0.4, 0.5) is 16.3 Å². The second kappa shape index (κ2) is 17.6. The minimum atomic E-state index is -0.631. The molecule has 12 heteroatoms. The Kier molecular flexibility index (Phi) is 12.5. The smallest absolute Gasteiger partial charge is 0.412 e. The number of carbonyl (C=O) groups excluding carboxylic acids is 3. The highest BCUT2D eigenvalue weighted by Crippen LogP contribution is 2.22. The summed E-state index contributed by atoms with van der Waals surface area (Å²) in [5.41, 5.74) is 4.10. The molecule has 2 aromatic heterocycles. The lowest BCUT2D eigenvalue weighted by Gasteiger charge is -2.21. The highest BCUT2D eigenvalue weighted by molar-refractivity contribution is 6.07. The summed E-state index contributed by atoms with van der Waals surface area (Å²) in [5.74, 6) is 0.853. The van der Waals surface area contributed by atoms with E-state index in [1.54, 1.807) is 60.8 Å². The Hall–Kier alpha value is -6.04. The van der Waals surface area contributed by atoms with E-state index in [9.17, 15) is 14.4 Å². The minimum absolute atomic E-state index is 0.0251. The fourth-order valence-corrected chi connectivity index (χ4v) is 5.42. The molecule has 0 unspecified atom stereocenters. The number of imidazole rings is 1. The number of hydrogen-bond acceptors (Lipinski definition) is 9. The molecular weight excluding hydrogens is 646 g/mol. The summed E-state index contributed by atoms with van der Waals surface area (Å²) in [6.07, 6.45) is 4.96. The molecule has 2 amide bonds. The Bertz CT molecular complexity index is 1980. The van der Waals surface area contributed by atoms with Crippen LogP contribution in [0.25, 0.3) is 11.0 Å². The summed E-state index contributed by atoms with van der Waals surface area (Å²) in [6.45, 7) is 4.79. The lowest BCUT2D eigenvalue weighted by atomic mass is 10.1. The number of rotatable bonds is 15. The highest BCUT2D eigenvalue weighted by atomic mass is 16.5. The number of esters is 1. The Morgan fingerprint density at radius 3 is 2.43 bits per heavy atom. The van der Waals surface area contributed by atoms with Gasteiger partial charge in [-0.3, -0.25) is 25.2 Å². The van der Waals surface area contributed by atoms with E-state index < -0.39 is 12.1 Å². The van der Waals surface area contributed by atoms with Gasteiger partial charge < -0.3 is 19.4 Å². The summed E-state index contributed by atoms with van der Waals surface area (Å²) in [7, 11) is 1.91. The fourth-order valence-electron chi connectivity index (χ4n) is 5.42. The third kappa shape index (κ3) is 9.78. The molecule has 0 saturated carbocycles. The van der Waals surface area contributed by atoms with Gasteiger partial charge in [0.05, 0.1) is 30.6 Å². The van der Waals surface area contributed by atoms with Crippen LogP contribution < -0.4 is 20.3 Å². The van der Waals surface area contributed by atoms with Crippen LogP contribution >= 0.6 is 0 Å². The van der Waals surface area contributed by atoms with E-state index in [1.165, 1.54) is 4.90 Å². The van der Waals surface area contributed by atoms with Crippen molar-refractivity contribution in [3.63, 3.8) is 0 Å². The number of aryl methyl sites for hydroxylation is 2. The van der Waals surface area contributed by atoms with Crippen molar-refractivity contribution < 1.29 is 23.9 Å². The molecule has 0 aliphatic heterocycles. The standard InChI is InChI=1S/C39H43N7O5/c1-4-5-6-11-24-50-39(49)44-37(40)28-15-18-30(19-16-28)42-26-35-43-31-25-29(17-20-32(31)45(35)3)38(48)46(34-14-9-10-22-41-34)23-21-36(47)51-33-13-8-7-12-27(33)2/h7-10,12-20,22,25,42H,4-6,11,21,23-24,26H2,1-3H3,(H2,40,44,49). The van der Waals surface area contributed by atoms with Crippen LogP contribution in [-0.2, 0) is 23.1 Å². The predicted molar refractivity (Wildman–Crippen MR) is 197 cm³/mol. The van der Waals surface area contributed by atoms with E-state index in [-0.39, 0.29) is 24.7 Å². The van der Waals surface area contributed by atoms with Gasteiger partial charge in [-0.1, -0.05) is 50.5 Å². The maximum Gasteiger partial charge on any atom is 0.412 e. The van der Waals surface area contributed by atoms with E-state index in [0.717, 1.165) is 48.3 Å². The molecule has 51 heavy (non-hydrogen) atoms. The maximum absolute atomic E-state index is 13.9. The Balaban J connectivity index is 1.21. The molecule has 0 saturated heterocycles. The van der Waals surface area contributed by atoms with Gasteiger partial charge in [-0.05, 0) is 79.6 Å². The van der Waals surface area contributed by atoms with Crippen LogP contribution in [0.3, 0.4) is 0 Å². The lowest BCUT2D eigenvalue weighted by molar-refractivity contribution is -0.134. The van der Waals surface area contributed by atoms with E-state index >= 15 is 0 Å². The predicted octanol–water partition coefficient (Wildman–Crippen LogP) is 7.16. The molecule has 3 N–H and O–H groups in total. The second-order valence-corrected chi connectivity index (χ2v) is 12.1.